The van der Waals surface area contributed by atoms with Crippen LogP contribution in [0.2, 0.25) is 0 Å². The number of nitrogen functional groups attached to an aromatic ring is 1. The van der Waals surface area contributed by atoms with E-state index in [1.807, 2.05) is 0 Å². The van der Waals surface area contributed by atoms with Crippen LogP contribution in [-0.2, 0) is 12.4 Å². The molecule has 0 radical (unpaired) electrons. The first kappa shape index (κ1) is 19.1. The number of benzene rings is 1. The van der Waals surface area contributed by atoms with Crippen LogP contribution in [0.1, 0.15) is 29.7 Å². The summed E-state index contributed by atoms with van der Waals surface area (Å²) in [7, 11) is 0. The van der Waals surface area contributed by atoms with Gasteiger partial charge in [-0.15, -0.1) is 12.4 Å². The summed E-state index contributed by atoms with van der Waals surface area (Å²) in [6, 6.07) is 0.622. The molecule has 0 aliphatic carbocycles. The number of aromatic nitrogens is 2. The van der Waals surface area contributed by atoms with Gasteiger partial charge in [-0.2, -0.15) is 31.4 Å². The molecule has 2 rings (SSSR count). The lowest BCUT2D eigenvalue weighted by atomic mass is 9.98. The average Bonchev–Trinajstić information content (AvgIpc) is 2.82. The van der Waals surface area contributed by atoms with Gasteiger partial charge in [-0.3, -0.25) is 4.68 Å². The van der Waals surface area contributed by atoms with Crippen molar-refractivity contribution in [3.05, 3.63) is 47.3 Å². The van der Waals surface area contributed by atoms with Gasteiger partial charge in [0.25, 0.3) is 0 Å². The topological polar surface area (TPSA) is 43.8 Å². The lowest BCUT2D eigenvalue weighted by molar-refractivity contribution is -0.143. The van der Waals surface area contributed by atoms with Gasteiger partial charge in [0.05, 0.1) is 29.1 Å². The van der Waals surface area contributed by atoms with Gasteiger partial charge in [0.15, 0.2) is 0 Å². The maximum absolute atomic E-state index is 13.1. The molecule has 3 nitrogen and oxygen atoms in total. The molecular formula is C13H12ClF6N3. The fraction of sp³-hybridized carbons (Fsp3) is 0.308. The highest BCUT2D eigenvalue weighted by Crippen LogP contribution is 2.39. The Morgan fingerprint density at radius 3 is 2.13 bits per heavy atom. The van der Waals surface area contributed by atoms with Gasteiger partial charge in [-0.1, -0.05) is 6.07 Å². The third kappa shape index (κ3) is 4.10. The zero-order valence-electron chi connectivity index (χ0n) is 11.6. The largest absolute Gasteiger partial charge is 0.416 e. The van der Waals surface area contributed by atoms with Gasteiger partial charge in [-0.25, -0.2) is 0 Å². The summed E-state index contributed by atoms with van der Waals surface area (Å²) in [6.07, 6.45) is -7.21. The summed E-state index contributed by atoms with van der Waals surface area (Å²) in [6.45, 7) is 1.39. The predicted octanol–water partition coefficient (Wildman–Crippen LogP) is 4.53. The van der Waals surface area contributed by atoms with Crippen molar-refractivity contribution in [2.45, 2.75) is 25.3 Å². The molecule has 0 spiro atoms. The molecule has 0 aliphatic heterocycles. The second-order valence-electron chi connectivity index (χ2n) is 4.73. The van der Waals surface area contributed by atoms with Gasteiger partial charge in [0, 0.05) is 6.20 Å². The molecule has 1 aromatic heterocycles. The molecule has 2 N–H and O–H groups in total. The Morgan fingerprint density at radius 1 is 1.09 bits per heavy atom. The molecule has 0 bridgehead atoms. The number of hydrogen-bond acceptors (Lipinski definition) is 2. The maximum atomic E-state index is 13.1. The SMILES string of the molecule is CC(c1ccc(C(F)(F)F)cc1C(F)(F)F)n1cc(N)cn1.Cl. The highest BCUT2D eigenvalue weighted by Gasteiger charge is 2.39. The van der Waals surface area contributed by atoms with Crippen molar-refractivity contribution >= 4 is 18.1 Å². The van der Waals surface area contributed by atoms with Crippen molar-refractivity contribution in [2.24, 2.45) is 0 Å². The lowest BCUT2D eigenvalue weighted by Crippen LogP contribution is -2.17. The van der Waals surface area contributed by atoms with E-state index in [0.717, 1.165) is 10.7 Å². The van der Waals surface area contributed by atoms with Crippen LogP contribution in [0.25, 0.3) is 0 Å². The number of anilines is 1. The molecule has 0 aliphatic rings. The maximum Gasteiger partial charge on any atom is 0.416 e. The Morgan fingerprint density at radius 2 is 1.70 bits per heavy atom. The first-order chi connectivity index (χ1) is 10.00. The molecule has 0 fully saturated rings. The zero-order valence-corrected chi connectivity index (χ0v) is 12.4. The highest BCUT2D eigenvalue weighted by molar-refractivity contribution is 5.85. The molecule has 1 atom stereocenters. The van der Waals surface area contributed by atoms with Crippen LogP contribution in [0, 0.1) is 0 Å². The fourth-order valence-corrected chi connectivity index (χ4v) is 2.05. The van der Waals surface area contributed by atoms with Crippen molar-refractivity contribution in [3.8, 4) is 0 Å². The summed E-state index contributed by atoms with van der Waals surface area (Å²) < 4.78 is 78.2. The van der Waals surface area contributed by atoms with E-state index >= 15 is 0 Å². The van der Waals surface area contributed by atoms with Crippen molar-refractivity contribution in [2.75, 3.05) is 5.73 Å². The van der Waals surface area contributed by atoms with E-state index in [1.165, 1.54) is 19.3 Å². The summed E-state index contributed by atoms with van der Waals surface area (Å²) in [5.41, 5.74) is 2.68. The van der Waals surface area contributed by atoms with Crippen LogP contribution in [0.15, 0.2) is 30.6 Å². The minimum Gasteiger partial charge on any atom is -0.396 e. The average molecular weight is 360 g/mol. The number of hydrogen-bond donors (Lipinski definition) is 1. The quantitative estimate of drug-likeness (QED) is 0.800. The summed E-state index contributed by atoms with van der Waals surface area (Å²) >= 11 is 0. The second kappa shape index (κ2) is 6.31. The van der Waals surface area contributed by atoms with Crippen molar-refractivity contribution < 1.29 is 26.3 Å². The Balaban J connectivity index is 0.00000264. The van der Waals surface area contributed by atoms with Crippen LogP contribution < -0.4 is 5.73 Å². The van der Waals surface area contributed by atoms with E-state index in [9.17, 15) is 26.3 Å². The second-order valence-corrected chi connectivity index (χ2v) is 4.73. The van der Waals surface area contributed by atoms with Gasteiger partial charge in [0.1, 0.15) is 0 Å². The normalized spacial score (nSPS) is 13.5. The van der Waals surface area contributed by atoms with E-state index < -0.39 is 29.5 Å². The van der Waals surface area contributed by atoms with Crippen molar-refractivity contribution in [1.29, 1.82) is 0 Å². The Bertz CT molecular complexity index is 677. The van der Waals surface area contributed by atoms with Gasteiger partial charge in [0.2, 0.25) is 0 Å². The molecule has 0 saturated carbocycles. The first-order valence-corrected chi connectivity index (χ1v) is 6.08. The summed E-state index contributed by atoms with van der Waals surface area (Å²) in [4.78, 5) is 0. The first-order valence-electron chi connectivity index (χ1n) is 6.08. The summed E-state index contributed by atoms with van der Waals surface area (Å²) in [5, 5.41) is 3.79. The van der Waals surface area contributed by atoms with Crippen molar-refractivity contribution in [1.82, 2.24) is 9.78 Å². The summed E-state index contributed by atoms with van der Waals surface area (Å²) in [5.74, 6) is 0. The van der Waals surface area contributed by atoms with Crippen LogP contribution in [0.3, 0.4) is 0 Å². The Kier molecular flexibility index (Phi) is 5.25. The standard InChI is InChI=1S/C13H11F6N3.ClH/c1-7(22-6-9(20)5-21-22)10-3-2-8(12(14,15)16)4-11(10)13(17,18)19;/h2-7H,20H2,1H3;1H. The Labute approximate surface area is 133 Å². The molecule has 0 amide bonds. The fourth-order valence-electron chi connectivity index (χ4n) is 2.05. The number of alkyl halides is 6. The monoisotopic (exact) mass is 359 g/mol. The number of nitrogens with two attached hydrogens (primary N) is 1. The van der Waals surface area contributed by atoms with Crippen LogP contribution in [0.4, 0.5) is 32.0 Å². The van der Waals surface area contributed by atoms with Gasteiger partial charge >= 0.3 is 12.4 Å². The number of rotatable bonds is 2. The number of halogens is 7. The van der Waals surface area contributed by atoms with Gasteiger partial charge < -0.3 is 5.73 Å². The Hall–Kier alpha value is -1.90. The van der Waals surface area contributed by atoms with Crippen LogP contribution in [0.5, 0.6) is 0 Å². The van der Waals surface area contributed by atoms with E-state index in [4.69, 9.17) is 5.73 Å². The lowest BCUT2D eigenvalue weighted by Gasteiger charge is -2.20. The predicted molar refractivity (Wildman–Crippen MR) is 74.1 cm³/mol. The smallest absolute Gasteiger partial charge is 0.396 e. The van der Waals surface area contributed by atoms with E-state index in [-0.39, 0.29) is 29.7 Å². The molecule has 23 heavy (non-hydrogen) atoms. The highest BCUT2D eigenvalue weighted by atomic mass is 35.5. The third-order valence-corrected chi connectivity index (χ3v) is 3.15. The molecule has 1 heterocycles. The molecule has 1 aromatic carbocycles. The third-order valence-electron chi connectivity index (χ3n) is 3.15. The molecular weight excluding hydrogens is 348 g/mol. The molecule has 2 aromatic rings. The zero-order chi connectivity index (χ0) is 16.7. The minimum absolute atomic E-state index is 0. The van der Waals surface area contributed by atoms with E-state index in [2.05, 4.69) is 5.10 Å². The molecule has 128 valence electrons. The minimum atomic E-state index is -4.91. The van der Waals surface area contributed by atoms with E-state index in [0.29, 0.717) is 6.07 Å². The van der Waals surface area contributed by atoms with Crippen LogP contribution >= 0.6 is 12.4 Å². The van der Waals surface area contributed by atoms with E-state index in [1.54, 1.807) is 0 Å². The number of nitrogens with zero attached hydrogens (tertiary/aromatic N) is 2. The van der Waals surface area contributed by atoms with Crippen LogP contribution in [-0.4, -0.2) is 9.78 Å². The van der Waals surface area contributed by atoms with Crippen molar-refractivity contribution in [3.63, 3.8) is 0 Å². The van der Waals surface area contributed by atoms with Gasteiger partial charge in [-0.05, 0) is 24.6 Å². The molecule has 0 saturated heterocycles. The molecule has 10 heteroatoms. The molecule has 1 unspecified atom stereocenters.